The Bertz CT molecular complexity index is 716. The number of amides is 1. The molecule has 0 bridgehead atoms. The van der Waals surface area contributed by atoms with Crippen molar-refractivity contribution >= 4 is 39.4 Å². The molecule has 0 atom stereocenters. The van der Waals surface area contributed by atoms with Gasteiger partial charge in [0.05, 0.1) is 4.92 Å². The third-order valence-corrected chi connectivity index (χ3v) is 2.92. The molecule has 7 heteroatoms. The highest BCUT2D eigenvalue weighted by atomic mass is 79.9. The van der Waals surface area contributed by atoms with E-state index in [2.05, 4.69) is 26.2 Å². The normalized spacial score (nSPS) is 10.5. The van der Waals surface area contributed by atoms with Crippen LogP contribution in [0, 0.1) is 10.1 Å². The number of nitrogens with zero attached hydrogens (tertiary/aromatic N) is 2. The fourth-order valence-corrected chi connectivity index (χ4v) is 1.90. The predicted octanol–water partition coefficient (Wildman–Crippen LogP) is 3.40. The molecule has 0 radical (unpaired) electrons. The highest BCUT2D eigenvalue weighted by molar-refractivity contribution is 9.10. The van der Waals surface area contributed by atoms with Crippen LogP contribution in [0.2, 0.25) is 0 Å². The first-order valence-electron chi connectivity index (χ1n) is 5.91. The number of non-ortho nitro benzene ring substituents is 1. The van der Waals surface area contributed by atoms with Gasteiger partial charge in [-0.1, -0.05) is 18.2 Å². The van der Waals surface area contributed by atoms with Crippen LogP contribution in [0.25, 0.3) is 6.08 Å². The molecule has 0 spiro atoms. The van der Waals surface area contributed by atoms with Gasteiger partial charge in [0.25, 0.3) is 5.69 Å². The van der Waals surface area contributed by atoms with Gasteiger partial charge in [0.1, 0.15) is 10.4 Å². The molecule has 0 aliphatic heterocycles. The summed E-state index contributed by atoms with van der Waals surface area (Å²) in [5.41, 5.74) is 0.549. The molecule has 2 aromatic rings. The summed E-state index contributed by atoms with van der Waals surface area (Å²) < 4.78 is 0.614. The van der Waals surface area contributed by atoms with Crippen molar-refractivity contribution in [1.29, 1.82) is 0 Å². The van der Waals surface area contributed by atoms with Crippen molar-refractivity contribution in [3.63, 3.8) is 0 Å². The zero-order valence-electron chi connectivity index (χ0n) is 10.7. The second kappa shape index (κ2) is 6.76. The van der Waals surface area contributed by atoms with Crippen LogP contribution in [0.5, 0.6) is 0 Å². The number of hydrogen-bond donors (Lipinski definition) is 1. The third-order valence-electron chi connectivity index (χ3n) is 2.47. The molecular weight excluding hydrogens is 338 g/mol. The Morgan fingerprint density at radius 3 is 2.76 bits per heavy atom. The first kappa shape index (κ1) is 14.9. The molecule has 1 heterocycles. The Labute approximate surface area is 128 Å². The van der Waals surface area contributed by atoms with Crippen LogP contribution in [0.3, 0.4) is 0 Å². The minimum absolute atomic E-state index is 0.0220. The average Bonchev–Trinajstić information content (AvgIpc) is 2.45. The van der Waals surface area contributed by atoms with Crippen LogP contribution in [-0.4, -0.2) is 15.8 Å². The smallest absolute Gasteiger partial charge is 0.270 e. The lowest BCUT2D eigenvalue weighted by molar-refractivity contribution is -0.384. The summed E-state index contributed by atoms with van der Waals surface area (Å²) >= 11 is 3.21. The molecule has 1 aromatic heterocycles. The first-order valence-corrected chi connectivity index (χ1v) is 6.70. The zero-order chi connectivity index (χ0) is 15.2. The van der Waals surface area contributed by atoms with Crippen molar-refractivity contribution in [2.45, 2.75) is 0 Å². The van der Waals surface area contributed by atoms with E-state index in [1.807, 2.05) is 0 Å². The van der Waals surface area contributed by atoms with Crippen LogP contribution in [0.15, 0.2) is 53.1 Å². The molecule has 21 heavy (non-hydrogen) atoms. The summed E-state index contributed by atoms with van der Waals surface area (Å²) in [5, 5.41) is 13.2. The van der Waals surface area contributed by atoms with Crippen molar-refractivity contribution in [3.05, 3.63) is 68.8 Å². The minimum atomic E-state index is -0.483. The number of rotatable bonds is 4. The number of hydrogen-bond acceptors (Lipinski definition) is 4. The van der Waals surface area contributed by atoms with Crippen LogP contribution in [0.1, 0.15) is 5.56 Å². The Balaban J connectivity index is 2.05. The summed E-state index contributed by atoms with van der Waals surface area (Å²) in [6.45, 7) is 0. The fourth-order valence-electron chi connectivity index (χ4n) is 1.56. The van der Waals surface area contributed by atoms with Crippen molar-refractivity contribution in [2.24, 2.45) is 0 Å². The van der Waals surface area contributed by atoms with Gasteiger partial charge < -0.3 is 5.32 Å². The fraction of sp³-hybridized carbons (Fsp3) is 0. The van der Waals surface area contributed by atoms with E-state index in [1.54, 1.807) is 30.3 Å². The summed E-state index contributed by atoms with van der Waals surface area (Å²) in [6, 6.07) is 11.2. The Hall–Kier alpha value is -2.54. The highest BCUT2D eigenvalue weighted by Gasteiger charge is 2.04. The van der Waals surface area contributed by atoms with Crippen molar-refractivity contribution in [3.8, 4) is 0 Å². The van der Waals surface area contributed by atoms with E-state index in [0.29, 0.717) is 16.0 Å². The Morgan fingerprint density at radius 1 is 1.29 bits per heavy atom. The van der Waals surface area contributed by atoms with Crippen LogP contribution in [0.4, 0.5) is 11.5 Å². The lowest BCUT2D eigenvalue weighted by atomic mass is 10.2. The number of nitro groups is 1. The van der Waals surface area contributed by atoms with Crippen molar-refractivity contribution in [2.75, 3.05) is 5.32 Å². The van der Waals surface area contributed by atoms with Gasteiger partial charge in [-0.05, 0) is 39.7 Å². The van der Waals surface area contributed by atoms with E-state index in [-0.39, 0.29) is 11.6 Å². The molecule has 0 fully saturated rings. The Morgan fingerprint density at radius 2 is 2.05 bits per heavy atom. The zero-order valence-corrected chi connectivity index (χ0v) is 12.3. The van der Waals surface area contributed by atoms with Gasteiger partial charge in [0.15, 0.2) is 0 Å². The van der Waals surface area contributed by atoms with Gasteiger partial charge >= 0.3 is 0 Å². The maximum absolute atomic E-state index is 11.7. The summed E-state index contributed by atoms with van der Waals surface area (Å²) in [4.78, 5) is 26.0. The number of nitro benzene ring substituents is 1. The number of halogens is 1. The molecular formula is C14H10BrN3O3. The van der Waals surface area contributed by atoms with E-state index in [4.69, 9.17) is 0 Å². The molecule has 1 aromatic carbocycles. The number of benzene rings is 1. The molecule has 0 saturated heterocycles. The van der Waals surface area contributed by atoms with E-state index in [0.717, 1.165) is 0 Å². The second-order valence-corrected chi connectivity index (χ2v) is 4.83. The summed E-state index contributed by atoms with van der Waals surface area (Å²) in [5.74, 6) is 0.0465. The lowest BCUT2D eigenvalue weighted by Crippen LogP contribution is -2.09. The standard InChI is InChI=1S/C14H10BrN3O3/c15-12-5-2-6-13(16-12)17-14(19)8-7-10-3-1-4-11(9-10)18(20)21/h1-9H,(H,16,17,19)/b8-7+. The molecule has 1 N–H and O–H groups in total. The average molecular weight is 348 g/mol. The molecule has 0 unspecified atom stereocenters. The molecule has 0 aliphatic rings. The monoisotopic (exact) mass is 347 g/mol. The maximum atomic E-state index is 11.7. The van der Waals surface area contributed by atoms with Crippen LogP contribution >= 0.6 is 15.9 Å². The number of carbonyl (C=O) groups excluding carboxylic acids is 1. The van der Waals surface area contributed by atoms with E-state index in [9.17, 15) is 14.9 Å². The molecule has 106 valence electrons. The van der Waals surface area contributed by atoms with E-state index >= 15 is 0 Å². The number of anilines is 1. The summed E-state index contributed by atoms with van der Waals surface area (Å²) in [6.07, 6.45) is 2.79. The van der Waals surface area contributed by atoms with Crippen LogP contribution < -0.4 is 5.32 Å². The van der Waals surface area contributed by atoms with Crippen LogP contribution in [-0.2, 0) is 4.79 Å². The predicted molar refractivity (Wildman–Crippen MR) is 82.7 cm³/mol. The molecule has 0 aliphatic carbocycles. The van der Waals surface area contributed by atoms with Gasteiger partial charge in [-0.15, -0.1) is 0 Å². The van der Waals surface area contributed by atoms with Crippen molar-refractivity contribution in [1.82, 2.24) is 4.98 Å². The largest absolute Gasteiger partial charge is 0.307 e. The second-order valence-electron chi connectivity index (χ2n) is 4.02. The third kappa shape index (κ3) is 4.50. The maximum Gasteiger partial charge on any atom is 0.270 e. The quantitative estimate of drug-likeness (QED) is 0.397. The van der Waals surface area contributed by atoms with Gasteiger partial charge in [0.2, 0.25) is 5.91 Å². The number of carbonyl (C=O) groups is 1. The SMILES string of the molecule is O=C(/C=C/c1cccc([N+](=O)[O-])c1)Nc1cccc(Br)n1. The number of pyridine rings is 1. The van der Waals surface area contributed by atoms with E-state index in [1.165, 1.54) is 24.3 Å². The van der Waals surface area contributed by atoms with Gasteiger partial charge in [-0.2, -0.15) is 0 Å². The Kier molecular flexibility index (Phi) is 4.78. The van der Waals surface area contributed by atoms with Crippen molar-refractivity contribution < 1.29 is 9.72 Å². The summed E-state index contributed by atoms with van der Waals surface area (Å²) in [7, 11) is 0. The lowest BCUT2D eigenvalue weighted by Gasteiger charge is -2.01. The molecule has 2 rings (SSSR count). The van der Waals surface area contributed by atoms with Gasteiger partial charge in [-0.25, -0.2) is 4.98 Å². The molecule has 1 amide bonds. The molecule has 0 saturated carbocycles. The highest BCUT2D eigenvalue weighted by Crippen LogP contribution is 2.14. The number of nitrogens with one attached hydrogen (secondary N) is 1. The number of aromatic nitrogens is 1. The first-order chi connectivity index (χ1) is 10.0. The topological polar surface area (TPSA) is 85.1 Å². The van der Waals surface area contributed by atoms with E-state index < -0.39 is 4.92 Å². The van der Waals surface area contributed by atoms with Gasteiger partial charge in [-0.3, -0.25) is 14.9 Å². The van der Waals surface area contributed by atoms with Gasteiger partial charge in [0, 0.05) is 18.2 Å². The molecule has 6 nitrogen and oxygen atoms in total. The minimum Gasteiger partial charge on any atom is -0.307 e.